The van der Waals surface area contributed by atoms with E-state index in [4.69, 9.17) is 10.8 Å². The second kappa shape index (κ2) is 9.77. The van der Waals surface area contributed by atoms with Crippen LogP contribution in [-0.4, -0.2) is 23.4 Å². The zero-order chi connectivity index (χ0) is 12.3. The first kappa shape index (κ1) is 16.7. The van der Waals surface area contributed by atoms with Crippen molar-refractivity contribution >= 4 is 6.09 Å². The van der Waals surface area contributed by atoms with Gasteiger partial charge in [-0.15, -0.1) is 0 Å². The first-order valence-corrected chi connectivity index (χ1v) is 5.42. The topological polar surface area (TPSA) is 72.5 Å². The van der Waals surface area contributed by atoms with Crippen molar-refractivity contribution in [3.05, 3.63) is 0 Å². The Morgan fingerprint density at radius 3 is 2.00 bits per heavy atom. The lowest BCUT2D eigenvalue weighted by molar-refractivity contribution is 0.0600. The van der Waals surface area contributed by atoms with E-state index in [0.717, 1.165) is 6.42 Å². The van der Waals surface area contributed by atoms with Crippen LogP contribution in [0.2, 0.25) is 0 Å². The van der Waals surface area contributed by atoms with Gasteiger partial charge < -0.3 is 15.6 Å². The van der Waals surface area contributed by atoms with Crippen LogP contribution >= 0.6 is 0 Å². The Morgan fingerprint density at radius 1 is 1.27 bits per heavy atom. The highest BCUT2D eigenvalue weighted by Crippen LogP contribution is 2.04. The largest absolute Gasteiger partial charge is 0.444 e. The number of primary amides is 1. The van der Waals surface area contributed by atoms with E-state index in [1.807, 2.05) is 0 Å². The summed E-state index contributed by atoms with van der Waals surface area (Å²) >= 11 is 0. The van der Waals surface area contributed by atoms with Crippen molar-refractivity contribution in [2.24, 2.45) is 5.73 Å². The minimum Gasteiger partial charge on any atom is -0.444 e. The zero-order valence-corrected chi connectivity index (χ0v) is 10.4. The summed E-state index contributed by atoms with van der Waals surface area (Å²) in [5.74, 6) is 0. The highest BCUT2D eigenvalue weighted by molar-refractivity contribution is 5.65. The second-order valence-corrected chi connectivity index (χ2v) is 4.32. The lowest BCUT2D eigenvalue weighted by Crippen LogP contribution is -2.27. The molecule has 4 heteroatoms. The van der Waals surface area contributed by atoms with Crippen LogP contribution < -0.4 is 5.73 Å². The Balaban J connectivity index is 0. The Labute approximate surface area is 92.8 Å². The molecule has 92 valence electrons. The van der Waals surface area contributed by atoms with E-state index in [1.54, 1.807) is 20.8 Å². The molecule has 0 aromatic carbocycles. The number of hydrogen-bond acceptors (Lipinski definition) is 3. The van der Waals surface area contributed by atoms with Crippen molar-refractivity contribution in [3.63, 3.8) is 0 Å². The Kier molecular flexibility index (Phi) is 10.8. The normalized spacial score (nSPS) is 10.2. The Hall–Kier alpha value is -0.770. The smallest absolute Gasteiger partial charge is 0.405 e. The molecule has 0 aliphatic rings. The van der Waals surface area contributed by atoms with E-state index in [-0.39, 0.29) is 0 Å². The van der Waals surface area contributed by atoms with E-state index in [9.17, 15) is 4.79 Å². The second-order valence-electron chi connectivity index (χ2n) is 4.32. The third-order valence-electron chi connectivity index (χ3n) is 1.42. The summed E-state index contributed by atoms with van der Waals surface area (Å²) in [5.41, 5.74) is 4.26. The van der Waals surface area contributed by atoms with Crippen LogP contribution in [0, 0.1) is 0 Å². The molecule has 0 bridgehead atoms. The number of aliphatic hydroxyl groups excluding tert-OH is 1. The van der Waals surface area contributed by atoms with Crippen LogP contribution in [0.25, 0.3) is 0 Å². The van der Waals surface area contributed by atoms with E-state index in [1.165, 1.54) is 19.3 Å². The summed E-state index contributed by atoms with van der Waals surface area (Å²) < 4.78 is 4.58. The predicted octanol–water partition coefficient (Wildman–Crippen LogP) is 2.44. The molecule has 0 rings (SSSR count). The van der Waals surface area contributed by atoms with Gasteiger partial charge in [0.25, 0.3) is 0 Å². The molecule has 0 fully saturated rings. The summed E-state index contributed by atoms with van der Waals surface area (Å²) in [4.78, 5) is 10.0. The number of amides is 1. The van der Waals surface area contributed by atoms with Gasteiger partial charge in [-0.2, -0.15) is 0 Å². The monoisotopic (exact) mass is 219 g/mol. The first-order chi connectivity index (χ1) is 6.83. The molecule has 0 aromatic rings. The molecule has 0 unspecified atom stereocenters. The summed E-state index contributed by atoms with van der Waals surface area (Å²) in [6, 6.07) is 0. The van der Waals surface area contributed by atoms with Crippen LogP contribution in [0.5, 0.6) is 0 Å². The van der Waals surface area contributed by atoms with Crippen molar-refractivity contribution in [2.75, 3.05) is 6.61 Å². The molecule has 0 aromatic heterocycles. The van der Waals surface area contributed by atoms with E-state index >= 15 is 0 Å². The number of carbonyl (C=O) groups excluding carboxylic acids is 1. The SMILES string of the molecule is CC(C)(C)OC(N)=O.CCCCCCO. The number of unbranched alkanes of at least 4 members (excludes halogenated alkanes) is 3. The minimum absolute atomic E-state index is 0.361. The van der Waals surface area contributed by atoms with Crippen molar-refractivity contribution in [2.45, 2.75) is 59.0 Å². The average molecular weight is 219 g/mol. The maximum absolute atomic E-state index is 10.0. The van der Waals surface area contributed by atoms with Gasteiger partial charge in [0.15, 0.2) is 0 Å². The summed E-state index contributed by atoms with van der Waals surface area (Å²) in [5, 5.41) is 8.29. The molecule has 0 spiro atoms. The fraction of sp³-hybridized carbons (Fsp3) is 0.909. The molecule has 0 heterocycles. The van der Waals surface area contributed by atoms with Gasteiger partial charge in [-0.1, -0.05) is 26.2 Å². The molecule has 0 saturated carbocycles. The van der Waals surface area contributed by atoms with Crippen LogP contribution in [0.3, 0.4) is 0 Å². The third kappa shape index (κ3) is 24.6. The number of hydrogen-bond donors (Lipinski definition) is 2. The van der Waals surface area contributed by atoms with Gasteiger partial charge in [-0.05, 0) is 27.2 Å². The number of rotatable bonds is 4. The van der Waals surface area contributed by atoms with Crippen LogP contribution in [0.1, 0.15) is 53.4 Å². The van der Waals surface area contributed by atoms with Gasteiger partial charge >= 0.3 is 6.09 Å². The van der Waals surface area contributed by atoms with Crippen molar-refractivity contribution in [1.82, 2.24) is 0 Å². The van der Waals surface area contributed by atoms with Crippen LogP contribution in [0.15, 0.2) is 0 Å². The predicted molar refractivity (Wildman–Crippen MR) is 61.6 cm³/mol. The molecule has 1 amide bonds. The van der Waals surface area contributed by atoms with Gasteiger partial charge in [0, 0.05) is 6.61 Å². The molecule has 0 radical (unpaired) electrons. The Bertz CT molecular complexity index is 148. The molecule has 15 heavy (non-hydrogen) atoms. The van der Waals surface area contributed by atoms with Crippen molar-refractivity contribution in [1.29, 1.82) is 0 Å². The van der Waals surface area contributed by atoms with Gasteiger partial charge in [0.2, 0.25) is 0 Å². The molecule has 0 aliphatic carbocycles. The average Bonchev–Trinajstić information content (AvgIpc) is 2.01. The molecular weight excluding hydrogens is 194 g/mol. The molecule has 3 N–H and O–H groups in total. The van der Waals surface area contributed by atoms with Gasteiger partial charge in [0.1, 0.15) is 5.60 Å². The molecular formula is C11H25NO3. The minimum atomic E-state index is -0.725. The fourth-order valence-electron chi connectivity index (χ4n) is 0.840. The fourth-order valence-corrected chi connectivity index (χ4v) is 0.840. The lowest BCUT2D eigenvalue weighted by atomic mass is 10.2. The molecule has 0 atom stereocenters. The summed E-state index contributed by atoms with van der Waals surface area (Å²) in [7, 11) is 0. The standard InChI is InChI=1S/C6H14O.C5H11NO2/c1-2-3-4-5-6-7;1-5(2,3)8-4(6)7/h7H,2-6H2,1H3;1-3H3,(H2,6,7). The number of nitrogens with two attached hydrogens (primary N) is 1. The van der Waals surface area contributed by atoms with Gasteiger partial charge in [-0.3, -0.25) is 0 Å². The van der Waals surface area contributed by atoms with Gasteiger partial charge in [-0.25, -0.2) is 4.79 Å². The Morgan fingerprint density at radius 2 is 1.80 bits per heavy atom. The van der Waals surface area contributed by atoms with E-state index in [2.05, 4.69) is 11.7 Å². The van der Waals surface area contributed by atoms with E-state index in [0.29, 0.717) is 6.61 Å². The highest BCUT2D eigenvalue weighted by Gasteiger charge is 2.12. The molecule has 0 aliphatic heterocycles. The quantitative estimate of drug-likeness (QED) is 0.713. The molecule has 4 nitrogen and oxygen atoms in total. The zero-order valence-electron chi connectivity index (χ0n) is 10.4. The van der Waals surface area contributed by atoms with Crippen molar-refractivity contribution < 1.29 is 14.6 Å². The maximum atomic E-state index is 10.0. The van der Waals surface area contributed by atoms with E-state index < -0.39 is 11.7 Å². The number of aliphatic hydroxyl groups is 1. The maximum Gasteiger partial charge on any atom is 0.405 e. The van der Waals surface area contributed by atoms with Gasteiger partial charge in [0.05, 0.1) is 0 Å². The third-order valence-corrected chi connectivity index (χ3v) is 1.42. The lowest BCUT2D eigenvalue weighted by Gasteiger charge is -2.16. The summed E-state index contributed by atoms with van der Waals surface area (Å²) in [6.07, 6.45) is 3.96. The highest BCUT2D eigenvalue weighted by atomic mass is 16.6. The van der Waals surface area contributed by atoms with Crippen LogP contribution in [-0.2, 0) is 4.74 Å². The first-order valence-electron chi connectivity index (χ1n) is 5.42. The number of carbonyl (C=O) groups is 1. The number of ether oxygens (including phenoxy) is 1. The van der Waals surface area contributed by atoms with Crippen molar-refractivity contribution in [3.8, 4) is 0 Å². The summed E-state index contributed by atoms with van der Waals surface area (Å²) in [6.45, 7) is 7.81. The molecule has 0 saturated heterocycles. The van der Waals surface area contributed by atoms with Crippen LogP contribution in [0.4, 0.5) is 4.79 Å².